The van der Waals surface area contributed by atoms with Gasteiger partial charge in [-0.15, -0.1) is 0 Å². The molecular weight excluding hydrogens is 362 g/mol. The average Bonchev–Trinajstić information content (AvgIpc) is 2.72. The number of hydrogen-bond acceptors (Lipinski definition) is 6. The first-order valence-electron chi connectivity index (χ1n) is 9.78. The molecule has 1 aromatic rings. The zero-order chi connectivity index (χ0) is 20.4. The Bertz CT molecular complexity index is 618. The first kappa shape index (κ1) is 22.0. The van der Waals surface area contributed by atoms with Crippen molar-refractivity contribution in [2.45, 2.75) is 39.2 Å². The van der Waals surface area contributed by atoms with Gasteiger partial charge >= 0.3 is 5.97 Å². The van der Waals surface area contributed by atoms with Crippen LogP contribution in [0.4, 0.5) is 0 Å². The van der Waals surface area contributed by atoms with Crippen LogP contribution in [-0.2, 0) is 25.7 Å². The summed E-state index contributed by atoms with van der Waals surface area (Å²) in [7, 11) is 3.25. The summed E-state index contributed by atoms with van der Waals surface area (Å²) < 4.78 is 21.3. The lowest BCUT2D eigenvalue weighted by Gasteiger charge is -2.32. The SMILES string of the molecule is CCOC(=O)CCC(=O)N1CCC(COCc2cc(OC)cc(OC)c2)CC1. The summed E-state index contributed by atoms with van der Waals surface area (Å²) in [5.74, 6) is 1.63. The van der Waals surface area contributed by atoms with Crippen molar-refractivity contribution in [2.24, 2.45) is 5.92 Å². The van der Waals surface area contributed by atoms with Crippen LogP contribution in [0.1, 0.15) is 38.2 Å². The molecule has 28 heavy (non-hydrogen) atoms. The minimum Gasteiger partial charge on any atom is -0.497 e. The highest BCUT2D eigenvalue weighted by Crippen LogP contribution is 2.24. The van der Waals surface area contributed by atoms with Gasteiger partial charge in [-0.2, -0.15) is 0 Å². The third-order valence-corrected chi connectivity index (χ3v) is 4.85. The van der Waals surface area contributed by atoms with E-state index >= 15 is 0 Å². The van der Waals surface area contributed by atoms with Crippen molar-refractivity contribution in [1.82, 2.24) is 4.90 Å². The number of hydrogen-bond donors (Lipinski definition) is 0. The van der Waals surface area contributed by atoms with E-state index in [1.807, 2.05) is 23.1 Å². The third-order valence-electron chi connectivity index (χ3n) is 4.85. The molecule has 0 atom stereocenters. The number of rotatable bonds is 10. The molecular formula is C21H31NO6. The first-order valence-corrected chi connectivity index (χ1v) is 9.78. The summed E-state index contributed by atoms with van der Waals surface area (Å²) in [5.41, 5.74) is 1.00. The monoisotopic (exact) mass is 393 g/mol. The van der Waals surface area contributed by atoms with E-state index in [-0.39, 0.29) is 24.7 Å². The maximum Gasteiger partial charge on any atom is 0.306 e. The summed E-state index contributed by atoms with van der Waals surface area (Å²) in [6.07, 6.45) is 2.19. The van der Waals surface area contributed by atoms with Crippen molar-refractivity contribution in [2.75, 3.05) is 40.5 Å². The van der Waals surface area contributed by atoms with E-state index in [2.05, 4.69) is 0 Å². The summed E-state index contributed by atoms with van der Waals surface area (Å²) in [6, 6.07) is 5.71. The van der Waals surface area contributed by atoms with E-state index in [0.717, 1.165) is 29.9 Å². The van der Waals surface area contributed by atoms with Gasteiger partial charge in [0.1, 0.15) is 11.5 Å². The quantitative estimate of drug-likeness (QED) is 0.569. The van der Waals surface area contributed by atoms with E-state index < -0.39 is 0 Å². The van der Waals surface area contributed by atoms with Crippen molar-refractivity contribution in [1.29, 1.82) is 0 Å². The highest BCUT2D eigenvalue weighted by atomic mass is 16.5. The predicted molar refractivity (Wildman–Crippen MR) is 104 cm³/mol. The Morgan fingerprint density at radius 3 is 2.25 bits per heavy atom. The normalized spacial score (nSPS) is 14.6. The molecule has 1 fully saturated rings. The molecule has 1 amide bonds. The average molecular weight is 393 g/mol. The summed E-state index contributed by atoms with van der Waals surface area (Å²) in [6.45, 7) is 4.68. The minimum absolute atomic E-state index is 0.0240. The Labute approximate surface area is 166 Å². The minimum atomic E-state index is -0.312. The van der Waals surface area contributed by atoms with Crippen LogP contribution >= 0.6 is 0 Å². The highest BCUT2D eigenvalue weighted by Gasteiger charge is 2.23. The van der Waals surface area contributed by atoms with Gasteiger partial charge < -0.3 is 23.8 Å². The molecule has 2 rings (SSSR count). The molecule has 0 aliphatic carbocycles. The van der Waals surface area contributed by atoms with Gasteiger partial charge in [0.15, 0.2) is 0 Å². The molecule has 1 aliphatic heterocycles. The second kappa shape index (κ2) is 11.5. The molecule has 7 nitrogen and oxygen atoms in total. The maximum atomic E-state index is 12.2. The number of likely N-dealkylation sites (tertiary alicyclic amines) is 1. The molecule has 0 aromatic heterocycles. The number of carbonyl (C=O) groups is 2. The van der Waals surface area contributed by atoms with Gasteiger partial charge in [-0.25, -0.2) is 0 Å². The molecule has 1 aliphatic rings. The van der Waals surface area contributed by atoms with Gasteiger partial charge in [-0.05, 0) is 43.4 Å². The van der Waals surface area contributed by atoms with Gasteiger partial charge in [0.05, 0.1) is 33.9 Å². The Hall–Kier alpha value is -2.28. The van der Waals surface area contributed by atoms with E-state index in [4.69, 9.17) is 18.9 Å². The number of methoxy groups -OCH3 is 2. The molecule has 156 valence electrons. The number of amides is 1. The fourth-order valence-electron chi connectivity index (χ4n) is 3.24. The van der Waals surface area contributed by atoms with Crippen LogP contribution in [0.5, 0.6) is 11.5 Å². The van der Waals surface area contributed by atoms with Crippen molar-refractivity contribution >= 4 is 11.9 Å². The number of carbonyl (C=O) groups excluding carboxylic acids is 2. The second-order valence-corrected chi connectivity index (χ2v) is 6.87. The zero-order valence-electron chi connectivity index (χ0n) is 17.1. The smallest absolute Gasteiger partial charge is 0.306 e. The Balaban J connectivity index is 1.69. The van der Waals surface area contributed by atoms with Gasteiger partial charge in [0.2, 0.25) is 5.91 Å². The van der Waals surface area contributed by atoms with E-state index in [9.17, 15) is 9.59 Å². The van der Waals surface area contributed by atoms with E-state index in [1.165, 1.54) is 0 Å². The fourth-order valence-corrected chi connectivity index (χ4v) is 3.24. The predicted octanol–water partition coefficient (Wildman–Crippen LogP) is 2.80. The van der Waals surface area contributed by atoms with Crippen molar-refractivity contribution in [3.05, 3.63) is 23.8 Å². The van der Waals surface area contributed by atoms with Crippen molar-refractivity contribution < 1.29 is 28.5 Å². The topological polar surface area (TPSA) is 74.3 Å². The number of piperidine rings is 1. The lowest BCUT2D eigenvalue weighted by molar-refractivity contribution is -0.146. The first-order chi connectivity index (χ1) is 13.5. The Kier molecular flexibility index (Phi) is 9.07. The molecule has 0 radical (unpaired) electrons. The van der Waals surface area contributed by atoms with Gasteiger partial charge in [-0.1, -0.05) is 0 Å². The van der Waals surface area contributed by atoms with Crippen LogP contribution in [-0.4, -0.2) is 57.3 Å². The van der Waals surface area contributed by atoms with E-state index in [0.29, 0.717) is 38.8 Å². The van der Waals surface area contributed by atoms with Crippen LogP contribution in [0.25, 0.3) is 0 Å². The molecule has 0 N–H and O–H groups in total. The lowest BCUT2D eigenvalue weighted by Crippen LogP contribution is -2.39. The Morgan fingerprint density at radius 1 is 1.04 bits per heavy atom. The molecule has 0 unspecified atom stereocenters. The number of esters is 1. The largest absolute Gasteiger partial charge is 0.497 e. The number of nitrogens with zero attached hydrogens (tertiary/aromatic N) is 1. The van der Waals surface area contributed by atoms with E-state index in [1.54, 1.807) is 21.1 Å². The molecule has 0 bridgehead atoms. The summed E-state index contributed by atoms with van der Waals surface area (Å²) in [5, 5.41) is 0. The molecule has 7 heteroatoms. The van der Waals surface area contributed by atoms with Crippen molar-refractivity contribution in [3.8, 4) is 11.5 Å². The Morgan fingerprint density at radius 2 is 1.68 bits per heavy atom. The van der Waals surface area contributed by atoms with Crippen LogP contribution in [0, 0.1) is 5.92 Å². The van der Waals surface area contributed by atoms with Crippen LogP contribution < -0.4 is 9.47 Å². The fraction of sp³-hybridized carbons (Fsp3) is 0.619. The molecule has 0 spiro atoms. The highest BCUT2D eigenvalue weighted by molar-refractivity contribution is 5.81. The second-order valence-electron chi connectivity index (χ2n) is 6.87. The lowest BCUT2D eigenvalue weighted by atomic mass is 9.97. The molecule has 1 heterocycles. The number of benzene rings is 1. The summed E-state index contributed by atoms with van der Waals surface area (Å²) >= 11 is 0. The molecule has 1 saturated heterocycles. The van der Waals surface area contributed by atoms with Gasteiger partial charge in [0, 0.05) is 32.2 Å². The van der Waals surface area contributed by atoms with Crippen LogP contribution in [0.2, 0.25) is 0 Å². The van der Waals surface area contributed by atoms with Crippen LogP contribution in [0.15, 0.2) is 18.2 Å². The van der Waals surface area contributed by atoms with Crippen LogP contribution in [0.3, 0.4) is 0 Å². The maximum absolute atomic E-state index is 12.2. The zero-order valence-corrected chi connectivity index (χ0v) is 17.1. The third kappa shape index (κ3) is 7.03. The van der Waals surface area contributed by atoms with Gasteiger partial charge in [0.25, 0.3) is 0 Å². The van der Waals surface area contributed by atoms with Crippen molar-refractivity contribution in [3.63, 3.8) is 0 Å². The summed E-state index contributed by atoms with van der Waals surface area (Å²) in [4.78, 5) is 25.4. The van der Waals surface area contributed by atoms with Gasteiger partial charge in [-0.3, -0.25) is 9.59 Å². The molecule has 0 saturated carbocycles. The standard InChI is InChI=1S/C21H31NO6/c1-4-28-21(24)6-5-20(23)22-9-7-16(8-10-22)14-27-15-17-11-18(25-2)13-19(12-17)26-3/h11-13,16H,4-10,14-15H2,1-3H3. The molecule has 1 aromatic carbocycles. The number of ether oxygens (including phenoxy) is 4.